The Balaban J connectivity index is 3.21. The summed E-state index contributed by atoms with van der Waals surface area (Å²) in [5.74, 6) is 0.414. The van der Waals surface area contributed by atoms with Crippen molar-refractivity contribution in [1.29, 1.82) is 0 Å². The van der Waals surface area contributed by atoms with Crippen molar-refractivity contribution in [2.45, 2.75) is 32.4 Å². The van der Waals surface area contributed by atoms with Gasteiger partial charge < -0.3 is 4.74 Å². The van der Waals surface area contributed by atoms with Gasteiger partial charge in [-0.05, 0) is 31.0 Å². The average Bonchev–Trinajstić information content (AvgIpc) is 2.29. The monoisotopic (exact) mass is 224 g/mol. The minimum Gasteiger partial charge on any atom is -0.496 e. The van der Waals surface area contributed by atoms with Crippen molar-refractivity contribution in [1.82, 2.24) is 0 Å². The molecule has 3 heteroatoms. The van der Waals surface area contributed by atoms with Crippen molar-refractivity contribution in [3.8, 4) is 5.75 Å². The van der Waals surface area contributed by atoms with Gasteiger partial charge in [-0.2, -0.15) is 0 Å². The third kappa shape index (κ3) is 2.60. The van der Waals surface area contributed by atoms with Gasteiger partial charge >= 0.3 is 0 Å². The number of hydrogen-bond donors (Lipinski definition) is 0. The van der Waals surface area contributed by atoms with Crippen molar-refractivity contribution in [3.05, 3.63) is 29.3 Å². The van der Waals surface area contributed by atoms with Gasteiger partial charge in [0.25, 0.3) is 0 Å². The van der Waals surface area contributed by atoms with E-state index in [4.69, 9.17) is 4.74 Å². The Morgan fingerprint density at radius 3 is 2.69 bits per heavy atom. The first-order valence-electron chi connectivity index (χ1n) is 5.37. The lowest BCUT2D eigenvalue weighted by atomic mass is 9.95. The lowest BCUT2D eigenvalue weighted by molar-refractivity contribution is -0.117. The van der Waals surface area contributed by atoms with Crippen LogP contribution in [-0.2, 0) is 16.9 Å². The van der Waals surface area contributed by atoms with Crippen molar-refractivity contribution in [2.24, 2.45) is 0 Å². The fourth-order valence-electron chi connectivity index (χ4n) is 1.64. The molecular formula is C13H17FO2. The van der Waals surface area contributed by atoms with E-state index in [9.17, 15) is 9.18 Å². The lowest BCUT2D eigenvalue weighted by Crippen LogP contribution is -2.18. The second kappa shape index (κ2) is 5.10. The Kier molecular flexibility index (Phi) is 4.05. The van der Waals surface area contributed by atoms with Crippen LogP contribution in [0.1, 0.15) is 31.4 Å². The summed E-state index contributed by atoms with van der Waals surface area (Å²) in [5, 5.41) is 0. The van der Waals surface area contributed by atoms with Crippen LogP contribution in [0.3, 0.4) is 0 Å². The minimum atomic E-state index is -1.99. The van der Waals surface area contributed by atoms with E-state index in [0.29, 0.717) is 17.6 Å². The molecule has 0 saturated heterocycles. The second-order valence-corrected chi connectivity index (χ2v) is 3.98. The third-order valence-corrected chi connectivity index (χ3v) is 2.55. The molecule has 16 heavy (non-hydrogen) atoms. The van der Waals surface area contributed by atoms with Crippen LogP contribution >= 0.6 is 0 Å². The van der Waals surface area contributed by atoms with Gasteiger partial charge in [-0.15, -0.1) is 0 Å². The summed E-state index contributed by atoms with van der Waals surface area (Å²) in [7, 11) is 1.47. The first kappa shape index (κ1) is 12.7. The molecule has 0 saturated carbocycles. The fraction of sp³-hybridized carbons (Fsp3) is 0.462. The highest BCUT2D eigenvalue weighted by Gasteiger charge is 2.28. The summed E-state index contributed by atoms with van der Waals surface area (Å²) in [6.07, 6.45) is 2.16. The van der Waals surface area contributed by atoms with Crippen LogP contribution in [0.15, 0.2) is 18.2 Å². The lowest BCUT2D eigenvalue weighted by Gasteiger charge is -2.18. The van der Waals surface area contributed by atoms with Gasteiger partial charge in [0, 0.05) is 5.56 Å². The summed E-state index contributed by atoms with van der Waals surface area (Å²) >= 11 is 0. The standard InChI is InChI=1S/C13H17FO2/c1-4-5-10-6-7-12(16-3)11(8-10)13(2,14)9-15/h6-9H,4-5H2,1-3H3. The third-order valence-electron chi connectivity index (χ3n) is 2.55. The molecule has 0 aliphatic carbocycles. The number of carbonyl (C=O) groups excluding carboxylic acids is 1. The molecule has 1 rings (SSSR count). The molecule has 2 nitrogen and oxygen atoms in total. The number of aldehydes is 1. The Hall–Kier alpha value is -1.38. The largest absolute Gasteiger partial charge is 0.496 e. The average molecular weight is 224 g/mol. The molecular weight excluding hydrogens is 207 g/mol. The highest BCUT2D eigenvalue weighted by Crippen LogP contribution is 2.32. The molecule has 0 N–H and O–H groups in total. The van der Waals surface area contributed by atoms with Crippen LogP contribution in [0.25, 0.3) is 0 Å². The zero-order chi connectivity index (χ0) is 12.2. The zero-order valence-corrected chi connectivity index (χ0v) is 9.92. The molecule has 88 valence electrons. The van der Waals surface area contributed by atoms with Gasteiger partial charge in [-0.1, -0.05) is 19.4 Å². The maximum atomic E-state index is 14.0. The molecule has 0 spiro atoms. The Bertz CT molecular complexity index is 372. The van der Waals surface area contributed by atoms with Crippen LogP contribution in [0.2, 0.25) is 0 Å². The molecule has 1 atom stereocenters. The van der Waals surface area contributed by atoms with E-state index in [1.165, 1.54) is 14.0 Å². The van der Waals surface area contributed by atoms with Crippen LogP contribution in [0, 0.1) is 0 Å². The normalized spacial score (nSPS) is 14.2. The summed E-state index contributed by atoms with van der Waals surface area (Å²) in [6, 6.07) is 5.31. The summed E-state index contributed by atoms with van der Waals surface area (Å²) in [4.78, 5) is 10.7. The first-order chi connectivity index (χ1) is 7.55. The summed E-state index contributed by atoms with van der Waals surface area (Å²) in [6.45, 7) is 3.30. The molecule has 0 fully saturated rings. The molecule has 0 aliphatic heterocycles. The molecule has 1 unspecified atom stereocenters. The predicted octanol–water partition coefficient (Wildman–Crippen LogP) is 3.03. The van der Waals surface area contributed by atoms with Gasteiger partial charge in [0.1, 0.15) is 5.75 Å². The second-order valence-electron chi connectivity index (χ2n) is 3.98. The van der Waals surface area contributed by atoms with E-state index in [2.05, 4.69) is 6.92 Å². The highest BCUT2D eigenvalue weighted by molar-refractivity contribution is 5.67. The van der Waals surface area contributed by atoms with E-state index >= 15 is 0 Å². The van der Waals surface area contributed by atoms with Gasteiger partial charge in [0.2, 0.25) is 0 Å². The Morgan fingerprint density at radius 2 is 2.19 bits per heavy atom. The van der Waals surface area contributed by atoms with E-state index < -0.39 is 5.67 Å². The first-order valence-corrected chi connectivity index (χ1v) is 5.37. The van der Waals surface area contributed by atoms with Crippen LogP contribution in [-0.4, -0.2) is 13.4 Å². The Labute approximate surface area is 95.4 Å². The van der Waals surface area contributed by atoms with Crippen LogP contribution < -0.4 is 4.74 Å². The van der Waals surface area contributed by atoms with Gasteiger partial charge in [-0.3, -0.25) is 4.79 Å². The molecule has 0 bridgehead atoms. The quantitative estimate of drug-likeness (QED) is 0.718. The number of alkyl halides is 1. The number of aryl methyl sites for hydroxylation is 1. The topological polar surface area (TPSA) is 26.3 Å². The predicted molar refractivity (Wildman–Crippen MR) is 61.5 cm³/mol. The number of methoxy groups -OCH3 is 1. The minimum absolute atomic E-state index is 0.302. The smallest absolute Gasteiger partial charge is 0.191 e. The molecule has 0 amide bonds. The van der Waals surface area contributed by atoms with E-state index in [1.54, 1.807) is 12.1 Å². The van der Waals surface area contributed by atoms with Crippen molar-refractivity contribution in [3.63, 3.8) is 0 Å². The number of ether oxygens (including phenoxy) is 1. The Morgan fingerprint density at radius 1 is 1.50 bits per heavy atom. The maximum Gasteiger partial charge on any atom is 0.191 e. The van der Waals surface area contributed by atoms with Crippen molar-refractivity contribution >= 4 is 6.29 Å². The van der Waals surface area contributed by atoms with E-state index in [1.807, 2.05) is 6.07 Å². The highest BCUT2D eigenvalue weighted by atomic mass is 19.1. The van der Waals surface area contributed by atoms with E-state index in [-0.39, 0.29) is 0 Å². The maximum absolute atomic E-state index is 14.0. The van der Waals surface area contributed by atoms with Crippen LogP contribution in [0.4, 0.5) is 4.39 Å². The SMILES string of the molecule is CCCc1ccc(OC)c(C(C)(F)C=O)c1. The molecule has 1 aromatic rings. The molecule has 0 heterocycles. The molecule has 1 aromatic carbocycles. The summed E-state index contributed by atoms with van der Waals surface area (Å²) < 4.78 is 19.0. The summed E-state index contributed by atoms with van der Waals surface area (Å²) in [5.41, 5.74) is -0.672. The molecule has 0 aromatic heterocycles. The number of hydrogen-bond acceptors (Lipinski definition) is 2. The zero-order valence-electron chi connectivity index (χ0n) is 9.92. The molecule has 0 radical (unpaired) electrons. The number of benzene rings is 1. The number of rotatable bonds is 5. The van der Waals surface area contributed by atoms with Crippen molar-refractivity contribution < 1.29 is 13.9 Å². The number of carbonyl (C=O) groups is 1. The van der Waals surface area contributed by atoms with Crippen molar-refractivity contribution in [2.75, 3.05) is 7.11 Å². The fourth-order valence-corrected chi connectivity index (χ4v) is 1.64. The number of halogens is 1. The van der Waals surface area contributed by atoms with Gasteiger partial charge in [-0.25, -0.2) is 4.39 Å². The van der Waals surface area contributed by atoms with Crippen LogP contribution in [0.5, 0.6) is 5.75 Å². The van der Waals surface area contributed by atoms with Gasteiger partial charge in [0.05, 0.1) is 7.11 Å². The molecule has 0 aliphatic rings. The van der Waals surface area contributed by atoms with E-state index in [0.717, 1.165) is 18.4 Å². The van der Waals surface area contributed by atoms with Gasteiger partial charge in [0.15, 0.2) is 12.0 Å².